The Kier molecular flexibility index (Phi) is 3.94. The molecule has 0 unspecified atom stereocenters. The van der Waals surface area contributed by atoms with E-state index in [1.807, 2.05) is 18.2 Å². The summed E-state index contributed by atoms with van der Waals surface area (Å²) in [4.78, 5) is 25.2. The standard InChI is InChI=1S/C19H20N2O3/c22-18-9-8-17(20-18)19(23)21-10-15(11-21)24-12-14-6-3-5-13-4-1-2-7-16(13)14/h1-7,15,17H,8-12H2,(H,20,22)/t17-/m0/s1. The molecule has 5 nitrogen and oxygen atoms in total. The Hall–Kier alpha value is -2.40. The van der Waals surface area contributed by atoms with Gasteiger partial charge in [-0.1, -0.05) is 42.5 Å². The number of nitrogens with zero attached hydrogens (tertiary/aromatic N) is 1. The monoisotopic (exact) mass is 324 g/mol. The molecule has 2 aliphatic heterocycles. The first-order chi connectivity index (χ1) is 11.7. The molecule has 0 aliphatic carbocycles. The average molecular weight is 324 g/mol. The molecule has 2 aromatic carbocycles. The van der Waals surface area contributed by atoms with Crippen LogP contribution in [0.3, 0.4) is 0 Å². The highest BCUT2D eigenvalue weighted by Gasteiger charge is 2.37. The number of rotatable bonds is 4. The molecule has 24 heavy (non-hydrogen) atoms. The van der Waals surface area contributed by atoms with E-state index < -0.39 is 0 Å². The number of ether oxygens (including phenoxy) is 1. The molecule has 0 radical (unpaired) electrons. The molecule has 2 aliphatic rings. The van der Waals surface area contributed by atoms with E-state index in [4.69, 9.17) is 4.74 Å². The number of carbonyl (C=O) groups excluding carboxylic acids is 2. The van der Waals surface area contributed by atoms with Gasteiger partial charge in [-0.3, -0.25) is 9.59 Å². The molecule has 0 spiro atoms. The molecule has 0 saturated carbocycles. The number of benzene rings is 2. The quantitative estimate of drug-likeness (QED) is 0.934. The summed E-state index contributed by atoms with van der Waals surface area (Å²) in [6.45, 7) is 1.76. The minimum atomic E-state index is -0.337. The summed E-state index contributed by atoms with van der Waals surface area (Å²) in [6, 6.07) is 14.1. The van der Waals surface area contributed by atoms with Crippen molar-refractivity contribution in [1.82, 2.24) is 10.2 Å². The van der Waals surface area contributed by atoms with Crippen molar-refractivity contribution in [3.8, 4) is 0 Å². The van der Waals surface area contributed by atoms with Crippen molar-refractivity contribution in [3.05, 3.63) is 48.0 Å². The van der Waals surface area contributed by atoms with Crippen molar-refractivity contribution in [2.24, 2.45) is 0 Å². The van der Waals surface area contributed by atoms with Crippen molar-refractivity contribution < 1.29 is 14.3 Å². The Morgan fingerprint density at radius 3 is 2.75 bits per heavy atom. The third-order valence-electron chi connectivity index (χ3n) is 4.81. The van der Waals surface area contributed by atoms with Crippen LogP contribution < -0.4 is 5.32 Å². The largest absolute Gasteiger partial charge is 0.370 e. The summed E-state index contributed by atoms with van der Waals surface area (Å²) in [6.07, 6.45) is 1.13. The first kappa shape index (κ1) is 15.1. The average Bonchev–Trinajstić information content (AvgIpc) is 3.00. The van der Waals surface area contributed by atoms with Gasteiger partial charge in [0.25, 0.3) is 0 Å². The zero-order chi connectivity index (χ0) is 16.5. The Labute approximate surface area is 140 Å². The molecule has 5 heteroatoms. The number of hydrogen-bond acceptors (Lipinski definition) is 3. The van der Waals surface area contributed by atoms with E-state index in [1.165, 1.54) is 16.3 Å². The van der Waals surface area contributed by atoms with Crippen molar-refractivity contribution >= 4 is 22.6 Å². The number of likely N-dealkylation sites (tertiary alicyclic amines) is 1. The van der Waals surface area contributed by atoms with Crippen molar-refractivity contribution in [1.29, 1.82) is 0 Å². The van der Waals surface area contributed by atoms with E-state index in [2.05, 4.69) is 29.6 Å². The van der Waals surface area contributed by atoms with Gasteiger partial charge in [-0.05, 0) is 22.8 Å². The predicted octanol–water partition coefficient (Wildman–Crippen LogP) is 1.85. The van der Waals surface area contributed by atoms with Gasteiger partial charge >= 0.3 is 0 Å². The third kappa shape index (κ3) is 2.87. The lowest BCUT2D eigenvalue weighted by Crippen LogP contribution is -2.58. The van der Waals surface area contributed by atoms with Crippen molar-refractivity contribution in [3.63, 3.8) is 0 Å². The summed E-state index contributed by atoms with van der Waals surface area (Å²) < 4.78 is 5.96. The molecule has 2 aromatic rings. The number of fused-ring (bicyclic) bond motifs is 1. The molecule has 1 atom stereocenters. The van der Waals surface area contributed by atoms with Crippen LogP contribution in [0.1, 0.15) is 18.4 Å². The predicted molar refractivity (Wildman–Crippen MR) is 90.3 cm³/mol. The van der Waals surface area contributed by atoms with Gasteiger partial charge in [-0.2, -0.15) is 0 Å². The van der Waals surface area contributed by atoms with Crippen molar-refractivity contribution in [2.45, 2.75) is 31.6 Å². The molecule has 0 aromatic heterocycles. The van der Waals surface area contributed by atoms with Crippen LogP contribution in [0, 0.1) is 0 Å². The van der Waals surface area contributed by atoms with Crippen LogP contribution >= 0.6 is 0 Å². The second kappa shape index (κ2) is 6.24. The van der Waals surface area contributed by atoms with Crippen LogP contribution in [0.2, 0.25) is 0 Å². The van der Waals surface area contributed by atoms with Crippen LogP contribution in [0.15, 0.2) is 42.5 Å². The summed E-state index contributed by atoms with van der Waals surface area (Å²) in [7, 11) is 0. The Morgan fingerprint density at radius 1 is 1.17 bits per heavy atom. The summed E-state index contributed by atoms with van der Waals surface area (Å²) in [5.41, 5.74) is 1.17. The van der Waals surface area contributed by atoms with Gasteiger partial charge < -0.3 is 15.0 Å². The molecule has 2 fully saturated rings. The zero-order valence-corrected chi connectivity index (χ0v) is 13.4. The second-order valence-electron chi connectivity index (χ2n) is 6.47. The van der Waals surface area contributed by atoms with Crippen molar-refractivity contribution in [2.75, 3.05) is 13.1 Å². The van der Waals surface area contributed by atoms with E-state index >= 15 is 0 Å². The highest BCUT2D eigenvalue weighted by molar-refractivity contribution is 5.91. The van der Waals surface area contributed by atoms with Gasteiger partial charge in [0.05, 0.1) is 12.7 Å². The molecule has 2 saturated heterocycles. The smallest absolute Gasteiger partial charge is 0.245 e. The van der Waals surface area contributed by atoms with Gasteiger partial charge in [0, 0.05) is 19.5 Å². The minimum absolute atomic E-state index is 0.0193. The highest BCUT2D eigenvalue weighted by Crippen LogP contribution is 2.22. The van der Waals surface area contributed by atoms with Gasteiger partial charge in [-0.15, -0.1) is 0 Å². The van der Waals surface area contributed by atoms with Gasteiger partial charge in [0.1, 0.15) is 6.04 Å². The molecule has 2 heterocycles. The molecule has 4 rings (SSSR count). The zero-order valence-electron chi connectivity index (χ0n) is 13.4. The van der Waals surface area contributed by atoms with Crippen LogP contribution in [0.4, 0.5) is 0 Å². The fourth-order valence-electron chi connectivity index (χ4n) is 3.37. The van der Waals surface area contributed by atoms with E-state index in [-0.39, 0.29) is 24.0 Å². The van der Waals surface area contributed by atoms with E-state index in [9.17, 15) is 9.59 Å². The fourth-order valence-corrected chi connectivity index (χ4v) is 3.37. The Bertz CT molecular complexity index is 778. The Balaban J connectivity index is 1.31. The number of carbonyl (C=O) groups is 2. The van der Waals surface area contributed by atoms with Crippen LogP contribution in [0.25, 0.3) is 10.8 Å². The number of amides is 2. The Morgan fingerprint density at radius 2 is 1.96 bits per heavy atom. The fraction of sp³-hybridized carbons (Fsp3) is 0.368. The first-order valence-corrected chi connectivity index (χ1v) is 8.37. The molecular formula is C19H20N2O3. The molecule has 2 amide bonds. The first-order valence-electron chi connectivity index (χ1n) is 8.37. The molecule has 124 valence electrons. The maximum Gasteiger partial charge on any atom is 0.245 e. The summed E-state index contributed by atoms with van der Waals surface area (Å²) in [5.74, 6) is -0.0107. The van der Waals surface area contributed by atoms with E-state index in [0.717, 1.165) is 0 Å². The molecule has 1 N–H and O–H groups in total. The normalized spacial score (nSPS) is 20.9. The summed E-state index contributed by atoms with van der Waals surface area (Å²) in [5, 5.41) is 5.14. The second-order valence-corrected chi connectivity index (χ2v) is 6.47. The van der Waals surface area contributed by atoms with Gasteiger partial charge in [-0.25, -0.2) is 0 Å². The van der Waals surface area contributed by atoms with Crippen LogP contribution in [0.5, 0.6) is 0 Å². The highest BCUT2D eigenvalue weighted by atomic mass is 16.5. The van der Waals surface area contributed by atoms with E-state index in [0.29, 0.717) is 32.5 Å². The van der Waals surface area contributed by atoms with E-state index in [1.54, 1.807) is 4.90 Å². The lowest BCUT2D eigenvalue weighted by atomic mass is 10.0. The number of hydrogen-bond donors (Lipinski definition) is 1. The van der Waals surface area contributed by atoms with Crippen LogP contribution in [-0.2, 0) is 20.9 Å². The van der Waals surface area contributed by atoms with Crippen LogP contribution in [-0.4, -0.2) is 41.9 Å². The minimum Gasteiger partial charge on any atom is -0.370 e. The van der Waals surface area contributed by atoms with Gasteiger partial charge in [0.15, 0.2) is 0 Å². The maximum atomic E-state index is 12.2. The number of nitrogens with one attached hydrogen (secondary N) is 1. The molecular weight excluding hydrogens is 304 g/mol. The SMILES string of the molecule is O=C1CC[C@@H](C(=O)N2CC(OCc3cccc4ccccc34)C2)N1. The maximum absolute atomic E-state index is 12.2. The summed E-state index contributed by atoms with van der Waals surface area (Å²) >= 11 is 0. The van der Waals surface area contributed by atoms with Gasteiger partial charge in [0.2, 0.25) is 11.8 Å². The third-order valence-corrected chi connectivity index (χ3v) is 4.81. The molecule has 0 bridgehead atoms. The lowest BCUT2D eigenvalue weighted by molar-refractivity contribution is -0.148. The topological polar surface area (TPSA) is 58.6 Å². The lowest BCUT2D eigenvalue weighted by Gasteiger charge is -2.40.